The zero-order valence-corrected chi connectivity index (χ0v) is 15.7. The summed E-state index contributed by atoms with van der Waals surface area (Å²) in [5.41, 5.74) is 1.22. The molecule has 0 aliphatic carbocycles. The molecule has 24 heavy (non-hydrogen) atoms. The van der Waals surface area contributed by atoms with Crippen LogP contribution in [0.15, 0.2) is 52.8 Å². The Kier molecular flexibility index (Phi) is 6.82. The molecule has 1 atom stereocenters. The molecular weight excluding hydrogens is 318 g/mol. The van der Waals surface area contributed by atoms with Crippen molar-refractivity contribution in [3.63, 3.8) is 0 Å². The Morgan fingerprint density at radius 1 is 1.17 bits per heavy atom. The fourth-order valence-electron chi connectivity index (χ4n) is 2.47. The number of nitrogens with one attached hydrogen (secondary N) is 2. The molecule has 1 heterocycles. The largest absolute Gasteiger partial charge is 0.375 e. The first kappa shape index (κ1) is 18.5. The van der Waals surface area contributed by atoms with Gasteiger partial charge in [-0.25, -0.2) is 0 Å². The molecular formula is C19H27N3OS. The van der Waals surface area contributed by atoms with E-state index >= 15 is 0 Å². The first-order valence-corrected chi connectivity index (χ1v) is 9.01. The third kappa shape index (κ3) is 5.08. The molecule has 0 amide bonds. The van der Waals surface area contributed by atoms with Crippen molar-refractivity contribution in [3.8, 4) is 0 Å². The Morgan fingerprint density at radius 2 is 1.92 bits per heavy atom. The minimum absolute atomic E-state index is 0.00458. The minimum Gasteiger partial charge on any atom is -0.375 e. The van der Waals surface area contributed by atoms with E-state index in [0.29, 0.717) is 6.54 Å². The van der Waals surface area contributed by atoms with Gasteiger partial charge in [-0.2, -0.15) is 0 Å². The van der Waals surface area contributed by atoms with Crippen molar-refractivity contribution in [1.29, 1.82) is 0 Å². The van der Waals surface area contributed by atoms with E-state index in [4.69, 9.17) is 4.74 Å². The molecule has 0 saturated carbocycles. The average molecular weight is 346 g/mol. The highest BCUT2D eigenvalue weighted by Gasteiger charge is 2.22. The SMILES string of the molecule is CN=C(NCC(OC)c1ccccc1)NCC(C)(C)c1cccs1. The highest BCUT2D eigenvalue weighted by molar-refractivity contribution is 7.10. The summed E-state index contributed by atoms with van der Waals surface area (Å²) in [7, 11) is 3.52. The molecule has 0 saturated heterocycles. The van der Waals surface area contributed by atoms with Crippen LogP contribution in [0.5, 0.6) is 0 Å². The topological polar surface area (TPSA) is 45.7 Å². The smallest absolute Gasteiger partial charge is 0.191 e. The van der Waals surface area contributed by atoms with Crippen molar-refractivity contribution >= 4 is 17.3 Å². The van der Waals surface area contributed by atoms with Crippen molar-refractivity contribution in [2.45, 2.75) is 25.4 Å². The van der Waals surface area contributed by atoms with Crippen molar-refractivity contribution in [1.82, 2.24) is 10.6 Å². The zero-order chi connectivity index (χ0) is 17.4. The maximum absolute atomic E-state index is 5.59. The molecule has 130 valence electrons. The van der Waals surface area contributed by atoms with Crippen LogP contribution in [0.4, 0.5) is 0 Å². The third-order valence-electron chi connectivity index (χ3n) is 4.02. The van der Waals surface area contributed by atoms with E-state index in [2.05, 4.69) is 59.1 Å². The molecule has 1 aromatic carbocycles. The van der Waals surface area contributed by atoms with Gasteiger partial charge in [-0.05, 0) is 17.0 Å². The molecule has 4 nitrogen and oxygen atoms in total. The number of benzene rings is 1. The molecule has 2 rings (SSSR count). The second-order valence-electron chi connectivity index (χ2n) is 6.30. The summed E-state index contributed by atoms with van der Waals surface area (Å²) in [6, 6.07) is 14.5. The Bertz CT molecular complexity index is 623. The van der Waals surface area contributed by atoms with Gasteiger partial charge in [0.05, 0.1) is 6.10 Å². The number of nitrogens with zero attached hydrogens (tertiary/aromatic N) is 1. The van der Waals surface area contributed by atoms with Crippen LogP contribution >= 0.6 is 11.3 Å². The van der Waals surface area contributed by atoms with E-state index in [1.165, 1.54) is 4.88 Å². The Hall–Kier alpha value is -1.85. The minimum atomic E-state index is -0.00458. The molecule has 0 spiro atoms. The summed E-state index contributed by atoms with van der Waals surface area (Å²) >= 11 is 1.79. The Morgan fingerprint density at radius 3 is 2.50 bits per heavy atom. The van der Waals surface area contributed by atoms with Crippen LogP contribution in [0.25, 0.3) is 0 Å². The van der Waals surface area contributed by atoms with E-state index in [9.17, 15) is 0 Å². The first-order chi connectivity index (χ1) is 11.6. The van der Waals surface area contributed by atoms with Crippen molar-refractivity contribution in [2.24, 2.45) is 4.99 Å². The third-order valence-corrected chi connectivity index (χ3v) is 5.26. The second-order valence-corrected chi connectivity index (χ2v) is 7.25. The summed E-state index contributed by atoms with van der Waals surface area (Å²) in [6.45, 7) is 5.96. The summed E-state index contributed by atoms with van der Waals surface area (Å²) in [6.07, 6.45) is -0.00458. The van der Waals surface area contributed by atoms with Crippen molar-refractivity contribution in [3.05, 3.63) is 58.3 Å². The van der Waals surface area contributed by atoms with Crippen molar-refractivity contribution in [2.75, 3.05) is 27.2 Å². The van der Waals surface area contributed by atoms with Crippen LogP contribution in [-0.2, 0) is 10.2 Å². The Balaban J connectivity index is 1.88. The van der Waals surface area contributed by atoms with Gasteiger partial charge >= 0.3 is 0 Å². The lowest BCUT2D eigenvalue weighted by Gasteiger charge is -2.25. The van der Waals surface area contributed by atoms with Gasteiger partial charge in [-0.1, -0.05) is 50.2 Å². The molecule has 5 heteroatoms. The van der Waals surface area contributed by atoms with Crippen LogP contribution < -0.4 is 10.6 Å². The van der Waals surface area contributed by atoms with E-state index in [0.717, 1.165) is 18.1 Å². The predicted molar refractivity (Wildman–Crippen MR) is 103 cm³/mol. The number of ether oxygens (including phenoxy) is 1. The predicted octanol–water partition coefficient (Wildman–Crippen LogP) is 3.58. The van der Waals surface area contributed by atoms with E-state index < -0.39 is 0 Å². The van der Waals surface area contributed by atoms with Gasteiger partial charge in [-0.3, -0.25) is 4.99 Å². The van der Waals surface area contributed by atoms with Gasteiger partial charge in [0.1, 0.15) is 0 Å². The van der Waals surface area contributed by atoms with Crippen molar-refractivity contribution < 1.29 is 4.74 Å². The molecule has 2 aromatic rings. The maximum Gasteiger partial charge on any atom is 0.191 e. The quantitative estimate of drug-likeness (QED) is 0.595. The van der Waals surface area contributed by atoms with Crippen LogP contribution in [0.3, 0.4) is 0 Å². The lowest BCUT2D eigenvalue weighted by molar-refractivity contribution is 0.106. The molecule has 1 unspecified atom stereocenters. The lowest BCUT2D eigenvalue weighted by Crippen LogP contribution is -2.44. The number of thiophene rings is 1. The van der Waals surface area contributed by atoms with Gasteiger partial charge in [0.25, 0.3) is 0 Å². The molecule has 1 aromatic heterocycles. The molecule has 0 fully saturated rings. The van der Waals surface area contributed by atoms with Gasteiger partial charge < -0.3 is 15.4 Å². The van der Waals surface area contributed by atoms with Crippen LogP contribution in [0, 0.1) is 0 Å². The summed E-state index contributed by atoms with van der Waals surface area (Å²) in [4.78, 5) is 5.68. The maximum atomic E-state index is 5.59. The average Bonchev–Trinajstić information content (AvgIpc) is 3.14. The van der Waals surface area contributed by atoms with Crippen LogP contribution in [-0.4, -0.2) is 33.2 Å². The molecule has 0 bridgehead atoms. The number of hydrogen-bond acceptors (Lipinski definition) is 3. The highest BCUT2D eigenvalue weighted by Crippen LogP contribution is 2.26. The fraction of sp³-hybridized carbons (Fsp3) is 0.421. The highest BCUT2D eigenvalue weighted by atomic mass is 32.1. The number of aliphatic imine (C=N–C) groups is 1. The summed E-state index contributed by atoms with van der Waals surface area (Å²) < 4.78 is 5.59. The second kappa shape index (κ2) is 8.85. The van der Waals surface area contributed by atoms with Crippen LogP contribution in [0.2, 0.25) is 0 Å². The zero-order valence-electron chi connectivity index (χ0n) is 14.9. The van der Waals surface area contributed by atoms with Crippen LogP contribution in [0.1, 0.15) is 30.4 Å². The summed E-state index contributed by atoms with van der Waals surface area (Å²) in [5.74, 6) is 0.789. The van der Waals surface area contributed by atoms with Gasteiger partial charge in [0.15, 0.2) is 5.96 Å². The van der Waals surface area contributed by atoms with Gasteiger partial charge in [0, 0.05) is 37.5 Å². The number of guanidine groups is 1. The van der Waals surface area contributed by atoms with E-state index in [1.54, 1.807) is 25.5 Å². The molecule has 0 aliphatic rings. The summed E-state index contributed by atoms with van der Waals surface area (Å²) in [5, 5.41) is 8.89. The van der Waals surface area contributed by atoms with E-state index in [-0.39, 0.29) is 11.5 Å². The molecule has 2 N–H and O–H groups in total. The number of hydrogen-bond donors (Lipinski definition) is 2. The molecule has 0 radical (unpaired) electrons. The monoisotopic (exact) mass is 345 g/mol. The Labute approximate surface area is 149 Å². The first-order valence-electron chi connectivity index (χ1n) is 8.13. The number of methoxy groups -OCH3 is 1. The van der Waals surface area contributed by atoms with Gasteiger partial charge in [0.2, 0.25) is 0 Å². The standard InChI is InChI=1S/C19H27N3OS/c1-19(2,17-11-8-12-24-17)14-22-18(20-3)21-13-16(23-4)15-9-6-5-7-10-15/h5-12,16H,13-14H2,1-4H3,(H2,20,21,22). The number of rotatable bonds is 7. The van der Waals surface area contributed by atoms with Gasteiger partial charge in [-0.15, -0.1) is 11.3 Å². The fourth-order valence-corrected chi connectivity index (χ4v) is 3.32. The normalized spacial score (nSPS) is 13.6. The molecule has 0 aliphatic heterocycles. The lowest BCUT2D eigenvalue weighted by atomic mass is 9.91. The van der Waals surface area contributed by atoms with E-state index in [1.807, 2.05) is 18.2 Å².